The van der Waals surface area contributed by atoms with E-state index in [1.165, 1.54) is 16.7 Å². The minimum atomic E-state index is -0.563. The van der Waals surface area contributed by atoms with E-state index in [9.17, 15) is 9.59 Å². The number of aryl methyl sites for hydroxylation is 3. The first-order valence-corrected chi connectivity index (χ1v) is 14.9. The first kappa shape index (κ1) is 28.0. The maximum Gasteiger partial charge on any atom is 0.243 e. The zero-order valence-corrected chi connectivity index (χ0v) is 23.7. The third-order valence-electron chi connectivity index (χ3n) is 7.35. The van der Waals surface area contributed by atoms with E-state index in [0.29, 0.717) is 18.7 Å². The van der Waals surface area contributed by atoms with Crippen molar-refractivity contribution in [3.05, 3.63) is 106 Å². The highest BCUT2D eigenvalue weighted by Crippen LogP contribution is 2.22. The second-order valence-electron chi connectivity index (χ2n) is 10.6. The molecule has 1 aliphatic rings. The molecule has 1 atom stereocenters. The summed E-state index contributed by atoms with van der Waals surface area (Å²) in [4.78, 5) is 29.5. The maximum atomic E-state index is 13.9. The maximum absolute atomic E-state index is 13.9. The van der Waals surface area contributed by atoms with Gasteiger partial charge in [-0.25, -0.2) is 0 Å². The van der Waals surface area contributed by atoms with Crippen LogP contribution in [0.15, 0.2) is 72.8 Å². The Kier molecular flexibility index (Phi) is 10.1. The summed E-state index contributed by atoms with van der Waals surface area (Å²) in [5.41, 5.74) is 6.96. The lowest BCUT2D eigenvalue weighted by Gasteiger charge is -2.32. The first-order chi connectivity index (χ1) is 18.4. The lowest BCUT2D eigenvalue weighted by Crippen LogP contribution is -2.52. The Morgan fingerprint density at radius 3 is 2.24 bits per heavy atom. The summed E-state index contributed by atoms with van der Waals surface area (Å²) < 4.78 is 0. The van der Waals surface area contributed by atoms with Crippen molar-refractivity contribution in [3.8, 4) is 0 Å². The molecular weight excluding hydrogens is 488 g/mol. The molecule has 4 rings (SSSR count). The number of amides is 2. The Hall–Kier alpha value is -3.05. The Morgan fingerprint density at radius 2 is 1.55 bits per heavy atom. The molecule has 1 fully saturated rings. The van der Waals surface area contributed by atoms with Gasteiger partial charge in [-0.15, -0.1) is 11.8 Å². The third kappa shape index (κ3) is 7.97. The average molecular weight is 529 g/mol. The second-order valence-corrected chi connectivity index (χ2v) is 11.6. The highest BCUT2D eigenvalue weighted by molar-refractivity contribution is 7.99. The summed E-state index contributed by atoms with van der Waals surface area (Å²) in [7, 11) is 0. The minimum Gasteiger partial charge on any atom is -0.352 e. The molecule has 2 amide bonds. The van der Waals surface area contributed by atoms with Gasteiger partial charge in [0.05, 0.1) is 5.75 Å². The van der Waals surface area contributed by atoms with Crippen LogP contribution in [0.1, 0.15) is 59.1 Å². The zero-order valence-electron chi connectivity index (χ0n) is 22.9. The summed E-state index contributed by atoms with van der Waals surface area (Å²) in [5, 5.41) is 3.29. The molecule has 200 valence electrons. The molecule has 4 nitrogen and oxygen atoms in total. The van der Waals surface area contributed by atoms with Crippen LogP contribution in [0.2, 0.25) is 0 Å². The van der Waals surface area contributed by atoms with Crippen LogP contribution in [0.4, 0.5) is 0 Å². The molecular formula is C33H40N2O2S. The molecule has 0 aliphatic heterocycles. The van der Waals surface area contributed by atoms with Crippen molar-refractivity contribution in [2.75, 3.05) is 5.75 Å². The lowest BCUT2D eigenvalue weighted by molar-refractivity contribution is -0.139. The molecule has 0 radical (unpaired) electrons. The molecule has 1 N–H and O–H groups in total. The van der Waals surface area contributed by atoms with Crippen molar-refractivity contribution in [1.82, 2.24) is 10.2 Å². The Labute approximate surface area is 232 Å². The molecule has 0 spiro atoms. The van der Waals surface area contributed by atoms with Gasteiger partial charge in [0.1, 0.15) is 6.04 Å². The minimum absolute atomic E-state index is 0.00475. The quantitative estimate of drug-likeness (QED) is 0.307. The number of hydrogen-bond donors (Lipinski definition) is 1. The average Bonchev–Trinajstić information content (AvgIpc) is 3.40. The van der Waals surface area contributed by atoms with Gasteiger partial charge in [0.15, 0.2) is 0 Å². The number of benzene rings is 3. The van der Waals surface area contributed by atoms with E-state index in [2.05, 4.69) is 56.4 Å². The van der Waals surface area contributed by atoms with Gasteiger partial charge in [0, 0.05) is 24.8 Å². The van der Waals surface area contributed by atoms with Crippen LogP contribution in [-0.4, -0.2) is 34.6 Å². The lowest BCUT2D eigenvalue weighted by atomic mass is 10.0. The predicted molar refractivity (Wildman–Crippen MR) is 158 cm³/mol. The molecule has 3 aromatic carbocycles. The number of nitrogens with one attached hydrogen (secondary N) is 1. The van der Waals surface area contributed by atoms with Crippen molar-refractivity contribution >= 4 is 23.6 Å². The van der Waals surface area contributed by atoms with E-state index >= 15 is 0 Å². The van der Waals surface area contributed by atoms with Crippen LogP contribution in [-0.2, 0) is 28.3 Å². The van der Waals surface area contributed by atoms with Gasteiger partial charge in [-0.1, -0.05) is 96.8 Å². The van der Waals surface area contributed by atoms with Crippen LogP contribution < -0.4 is 5.32 Å². The van der Waals surface area contributed by atoms with Crippen LogP contribution in [0.25, 0.3) is 0 Å². The normalized spacial score (nSPS) is 14.3. The standard InChI is InChI=1S/C33H40N2O2S/c1-24-17-25(2)19-28(18-24)22-38-23-32(36)35(21-29-14-8-7-11-26(29)3)31(20-27-12-5-4-6-13-27)33(37)34-30-15-9-10-16-30/h4-8,11-14,17-19,30-31H,9-10,15-16,20-23H2,1-3H3,(H,34,37)/t31-/m1/s1. The molecule has 1 aliphatic carbocycles. The predicted octanol–water partition coefficient (Wildman–Crippen LogP) is 6.54. The number of hydrogen-bond acceptors (Lipinski definition) is 3. The summed E-state index contributed by atoms with van der Waals surface area (Å²) in [6, 6.07) is 24.4. The van der Waals surface area contributed by atoms with Gasteiger partial charge in [-0.05, 0) is 55.9 Å². The van der Waals surface area contributed by atoms with E-state index in [-0.39, 0.29) is 17.9 Å². The van der Waals surface area contributed by atoms with Crippen LogP contribution in [0, 0.1) is 20.8 Å². The Bertz CT molecular complexity index is 1200. The molecule has 1 saturated carbocycles. The van der Waals surface area contributed by atoms with Crippen molar-refractivity contribution < 1.29 is 9.59 Å². The number of rotatable bonds is 11. The number of nitrogens with zero attached hydrogens (tertiary/aromatic N) is 1. The van der Waals surface area contributed by atoms with Gasteiger partial charge in [0.2, 0.25) is 11.8 Å². The zero-order chi connectivity index (χ0) is 26.9. The smallest absolute Gasteiger partial charge is 0.243 e. The number of carbonyl (C=O) groups excluding carboxylic acids is 2. The van der Waals surface area contributed by atoms with E-state index in [1.54, 1.807) is 11.8 Å². The summed E-state index contributed by atoms with van der Waals surface area (Å²) >= 11 is 1.62. The molecule has 0 unspecified atom stereocenters. The van der Waals surface area contributed by atoms with E-state index < -0.39 is 6.04 Å². The first-order valence-electron chi connectivity index (χ1n) is 13.7. The van der Waals surface area contributed by atoms with Gasteiger partial charge < -0.3 is 10.2 Å². The summed E-state index contributed by atoms with van der Waals surface area (Å²) in [5.74, 6) is 1.07. The SMILES string of the molecule is Cc1cc(C)cc(CSCC(=O)N(Cc2ccccc2C)[C@H](Cc2ccccc2)C(=O)NC2CCCC2)c1. The fourth-order valence-electron chi connectivity index (χ4n) is 5.38. The fraction of sp³-hybridized carbons (Fsp3) is 0.394. The highest BCUT2D eigenvalue weighted by atomic mass is 32.2. The van der Waals surface area contributed by atoms with Crippen molar-refractivity contribution in [2.24, 2.45) is 0 Å². The van der Waals surface area contributed by atoms with Gasteiger partial charge >= 0.3 is 0 Å². The molecule has 0 saturated heterocycles. The Morgan fingerprint density at radius 1 is 0.895 bits per heavy atom. The van der Waals surface area contributed by atoms with Crippen LogP contribution in [0.5, 0.6) is 0 Å². The van der Waals surface area contributed by atoms with Crippen LogP contribution in [0.3, 0.4) is 0 Å². The third-order valence-corrected chi connectivity index (χ3v) is 8.34. The van der Waals surface area contributed by atoms with Gasteiger partial charge in [0.25, 0.3) is 0 Å². The summed E-state index contributed by atoms with van der Waals surface area (Å²) in [6.45, 7) is 6.70. The van der Waals surface area contributed by atoms with Gasteiger partial charge in [-0.2, -0.15) is 0 Å². The van der Waals surface area contributed by atoms with Crippen LogP contribution >= 0.6 is 11.8 Å². The molecule has 0 bridgehead atoms. The van der Waals surface area contributed by atoms with Crippen molar-refractivity contribution in [2.45, 2.75) is 77.3 Å². The highest BCUT2D eigenvalue weighted by Gasteiger charge is 2.32. The summed E-state index contributed by atoms with van der Waals surface area (Å²) in [6.07, 6.45) is 4.83. The monoisotopic (exact) mass is 528 g/mol. The van der Waals surface area contributed by atoms with E-state index in [1.807, 2.05) is 47.4 Å². The molecule has 0 aromatic heterocycles. The number of carbonyl (C=O) groups is 2. The van der Waals surface area contributed by atoms with Gasteiger partial charge in [-0.3, -0.25) is 9.59 Å². The number of thioether (sulfide) groups is 1. The van der Waals surface area contributed by atoms with Crippen molar-refractivity contribution in [3.63, 3.8) is 0 Å². The second kappa shape index (κ2) is 13.7. The molecule has 5 heteroatoms. The topological polar surface area (TPSA) is 49.4 Å². The molecule has 3 aromatic rings. The molecule has 38 heavy (non-hydrogen) atoms. The fourth-order valence-corrected chi connectivity index (χ4v) is 6.23. The largest absolute Gasteiger partial charge is 0.352 e. The van der Waals surface area contributed by atoms with Crippen molar-refractivity contribution in [1.29, 1.82) is 0 Å². The Balaban J connectivity index is 1.57. The van der Waals surface area contributed by atoms with E-state index in [4.69, 9.17) is 0 Å². The molecule has 0 heterocycles. The van der Waals surface area contributed by atoms with E-state index in [0.717, 1.165) is 48.1 Å².